The molecule has 1 amide bonds. The van der Waals surface area contributed by atoms with Crippen LogP contribution < -0.4 is 11.1 Å². The van der Waals surface area contributed by atoms with Crippen LogP contribution in [0.2, 0.25) is 0 Å². The van der Waals surface area contributed by atoms with Crippen molar-refractivity contribution in [1.82, 2.24) is 15.3 Å². The average Bonchev–Trinajstić information content (AvgIpc) is 2.24. The summed E-state index contributed by atoms with van der Waals surface area (Å²) in [5.74, 6) is 0.536. The van der Waals surface area contributed by atoms with Gasteiger partial charge in [-0.15, -0.1) is 0 Å². The third-order valence-electron chi connectivity index (χ3n) is 2.99. The molecule has 5 heteroatoms. The fourth-order valence-electron chi connectivity index (χ4n) is 2.60. The van der Waals surface area contributed by atoms with Crippen LogP contribution in [0.5, 0.6) is 0 Å². The number of rotatable bonds is 4. The van der Waals surface area contributed by atoms with Crippen LogP contribution in [-0.2, 0) is 0 Å². The molecular weight excluding hydrogens is 264 g/mol. The van der Waals surface area contributed by atoms with Gasteiger partial charge in [-0.3, -0.25) is 4.79 Å². The Hall–Kier alpha value is -1.65. The summed E-state index contributed by atoms with van der Waals surface area (Å²) in [6.07, 6.45) is 2.36. The lowest BCUT2D eigenvalue weighted by atomic mass is 9.82. The van der Waals surface area contributed by atoms with Crippen molar-refractivity contribution in [2.75, 3.05) is 5.73 Å². The number of carbonyl (C=O) groups excluding carboxylic acids is 1. The zero-order valence-corrected chi connectivity index (χ0v) is 14.2. The molecule has 0 aliphatic rings. The van der Waals surface area contributed by atoms with Crippen LogP contribution in [0.3, 0.4) is 0 Å². The van der Waals surface area contributed by atoms with Crippen LogP contribution in [0, 0.1) is 5.41 Å². The molecule has 0 unspecified atom stereocenters. The monoisotopic (exact) mass is 292 g/mol. The maximum absolute atomic E-state index is 12.5. The van der Waals surface area contributed by atoms with Gasteiger partial charge in [-0.05, 0) is 25.7 Å². The number of aromatic nitrogens is 2. The van der Waals surface area contributed by atoms with Gasteiger partial charge in [-0.25, -0.2) is 9.97 Å². The highest BCUT2D eigenvalue weighted by atomic mass is 16.2. The van der Waals surface area contributed by atoms with Crippen molar-refractivity contribution >= 4 is 11.6 Å². The van der Waals surface area contributed by atoms with Crippen molar-refractivity contribution in [2.24, 2.45) is 5.41 Å². The molecule has 5 nitrogen and oxygen atoms in total. The summed E-state index contributed by atoms with van der Waals surface area (Å²) in [5.41, 5.74) is 6.21. The zero-order valence-electron chi connectivity index (χ0n) is 14.2. The third-order valence-corrected chi connectivity index (χ3v) is 2.99. The minimum absolute atomic E-state index is 0.122. The topological polar surface area (TPSA) is 80.9 Å². The van der Waals surface area contributed by atoms with E-state index in [1.807, 2.05) is 27.7 Å². The minimum atomic E-state index is -0.329. The number of nitrogens with two attached hydrogens (primary N) is 1. The fraction of sp³-hybridized carbons (Fsp3) is 0.688. The molecule has 0 aliphatic carbocycles. The van der Waals surface area contributed by atoms with Gasteiger partial charge in [0.2, 0.25) is 0 Å². The van der Waals surface area contributed by atoms with E-state index in [4.69, 9.17) is 5.73 Å². The van der Waals surface area contributed by atoms with Gasteiger partial charge in [0.15, 0.2) is 5.69 Å². The number of anilines is 1. The van der Waals surface area contributed by atoms with E-state index in [0.29, 0.717) is 11.5 Å². The smallest absolute Gasteiger partial charge is 0.272 e. The van der Waals surface area contributed by atoms with E-state index in [2.05, 4.69) is 36.1 Å². The first-order valence-electron chi connectivity index (χ1n) is 7.36. The molecule has 3 N–H and O–H groups in total. The summed E-state index contributed by atoms with van der Waals surface area (Å²) in [5, 5.41) is 3.03. The molecule has 0 saturated carbocycles. The molecule has 0 saturated heterocycles. The Balaban J connectivity index is 2.96. The van der Waals surface area contributed by atoms with Gasteiger partial charge in [-0.2, -0.15) is 0 Å². The lowest BCUT2D eigenvalue weighted by Gasteiger charge is -2.33. The summed E-state index contributed by atoms with van der Waals surface area (Å²) in [4.78, 5) is 20.9. The number of nitrogens with zero attached hydrogens (tertiary/aromatic N) is 2. The van der Waals surface area contributed by atoms with E-state index in [-0.39, 0.29) is 28.5 Å². The second-order valence-corrected chi connectivity index (χ2v) is 7.76. The summed E-state index contributed by atoms with van der Waals surface area (Å²) in [7, 11) is 0. The number of nitrogen functional groups attached to an aromatic ring is 1. The SMILES string of the molecule is CC(C)c1ncc(N)c(C(=O)NC(C)(C)CC(C)(C)C)n1. The first kappa shape index (κ1) is 17.4. The average molecular weight is 292 g/mol. The van der Waals surface area contributed by atoms with Gasteiger partial charge in [0, 0.05) is 11.5 Å². The largest absolute Gasteiger partial charge is 0.396 e. The minimum Gasteiger partial charge on any atom is -0.396 e. The van der Waals surface area contributed by atoms with Crippen LogP contribution in [-0.4, -0.2) is 21.4 Å². The Morgan fingerprint density at radius 2 is 1.86 bits per heavy atom. The maximum Gasteiger partial charge on any atom is 0.272 e. The van der Waals surface area contributed by atoms with Crippen LogP contribution in [0.25, 0.3) is 0 Å². The molecule has 0 spiro atoms. The molecule has 0 aromatic carbocycles. The van der Waals surface area contributed by atoms with Crippen LogP contribution in [0.1, 0.15) is 77.1 Å². The van der Waals surface area contributed by atoms with Crippen molar-refractivity contribution in [2.45, 2.75) is 66.3 Å². The van der Waals surface area contributed by atoms with E-state index in [1.165, 1.54) is 6.20 Å². The van der Waals surface area contributed by atoms with Gasteiger partial charge in [-0.1, -0.05) is 34.6 Å². The van der Waals surface area contributed by atoms with Gasteiger partial charge >= 0.3 is 0 Å². The van der Waals surface area contributed by atoms with Crippen molar-refractivity contribution in [1.29, 1.82) is 0 Å². The first-order chi connectivity index (χ1) is 9.41. The highest BCUT2D eigenvalue weighted by Crippen LogP contribution is 2.27. The summed E-state index contributed by atoms with van der Waals surface area (Å²) >= 11 is 0. The van der Waals surface area contributed by atoms with Gasteiger partial charge in [0.05, 0.1) is 11.9 Å². The van der Waals surface area contributed by atoms with Crippen molar-refractivity contribution in [3.8, 4) is 0 Å². The Kier molecular flexibility index (Phi) is 4.97. The number of hydrogen-bond acceptors (Lipinski definition) is 4. The van der Waals surface area contributed by atoms with E-state index in [0.717, 1.165) is 6.42 Å². The standard InChI is InChI=1S/C16H28N4O/c1-10(2)13-18-8-11(17)12(19-13)14(21)20-16(6,7)9-15(3,4)5/h8,10H,9,17H2,1-7H3,(H,20,21). The molecule has 118 valence electrons. The molecular formula is C16H28N4O. The molecule has 1 rings (SSSR count). The number of amides is 1. The van der Waals surface area contributed by atoms with Crippen molar-refractivity contribution < 1.29 is 4.79 Å². The molecule has 0 fully saturated rings. The number of nitrogens with one attached hydrogen (secondary N) is 1. The predicted molar refractivity (Wildman–Crippen MR) is 86.2 cm³/mol. The first-order valence-corrected chi connectivity index (χ1v) is 7.36. The Morgan fingerprint density at radius 3 is 2.33 bits per heavy atom. The van der Waals surface area contributed by atoms with Crippen LogP contribution in [0.4, 0.5) is 5.69 Å². The van der Waals surface area contributed by atoms with Gasteiger partial charge in [0.1, 0.15) is 5.82 Å². The molecule has 0 atom stereocenters. The van der Waals surface area contributed by atoms with E-state index >= 15 is 0 Å². The quantitative estimate of drug-likeness (QED) is 0.893. The lowest BCUT2D eigenvalue weighted by molar-refractivity contribution is 0.0886. The van der Waals surface area contributed by atoms with E-state index in [1.54, 1.807) is 0 Å². The highest BCUT2D eigenvalue weighted by Gasteiger charge is 2.28. The summed E-state index contributed by atoms with van der Waals surface area (Å²) in [6.45, 7) is 14.4. The van der Waals surface area contributed by atoms with Crippen molar-refractivity contribution in [3.05, 3.63) is 17.7 Å². The molecule has 21 heavy (non-hydrogen) atoms. The number of hydrogen-bond donors (Lipinski definition) is 2. The normalized spacial score (nSPS) is 12.6. The van der Waals surface area contributed by atoms with Crippen LogP contribution >= 0.6 is 0 Å². The molecule has 1 aromatic heterocycles. The Bertz CT molecular complexity index is 515. The predicted octanol–water partition coefficient (Wildman–Crippen LogP) is 3.13. The van der Waals surface area contributed by atoms with Crippen molar-refractivity contribution in [3.63, 3.8) is 0 Å². The second kappa shape index (κ2) is 6.00. The lowest BCUT2D eigenvalue weighted by Crippen LogP contribution is -2.46. The Morgan fingerprint density at radius 1 is 1.29 bits per heavy atom. The molecule has 1 heterocycles. The van der Waals surface area contributed by atoms with E-state index < -0.39 is 0 Å². The molecule has 0 bridgehead atoms. The summed E-state index contributed by atoms with van der Waals surface area (Å²) in [6, 6.07) is 0. The number of carbonyl (C=O) groups is 1. The van der Waals surface area contributed by atoms with Crippen LogP contribution in [0.15, 0.2) is 6.20 Å². The van der Waals surface area contributed by atoms with Gasteiger partial charge < -0.3 is 11.1 Å². The molecule has 0 radical (unpaired) electrons. The molecule has 0 aliphatic heterocycles. The van der Waals surface area contributed by atoms with E-state index in [9.17, 15) is 4.79 Å². The highest BCUT2D eigenvalue weighted by molar-refractivity contribution is 5.97. The third kappa shape index (κ3) is 5.33. The second-order valence-electron chi connectivity index (χ2n) is 7.76. The zero-order chi connectivity index (χ0) is 16.4. The Labute approximate surface area is 127 Å². The fourth-order valence-corrected chi connectivity index (χ4v) is 2.60. The maximum atomic E-state index is 12.5. The summed E-state index contributed by atoms with van der Waals surface area (Å²) < 4.78 is 0. The van der Waals surface area contributed by atoms with Gasteiger partial charge in [0.25, 0.3) is 5.91 Å². The molecule has 1 aromatic rings.